The van der Waals surface area contributed by atoms with Crippen LogP contribution in [0.25, 0.3) is 0 Å². The monoisotopic (exact) mass is 198 g/mol. The van der Waals surface area contributed by atoms with Gasteiger partial charge in [0.2, 0.25) is 0 Å². The van der Waals surface area contributed by atoms with Crippen molar-refractivity contribution in [2.24, 2.45) is 5.41 Å². The van der Waals surface area contributed by atoms with Gasteiger partial charge in [0.05, 0.1) is 5.41 Å². The molecule has 0 amide bonds. The summed E-state index contributed by atoms with van der Waals surface area (Å²) in [4.78, 5) is 10.7. The maximum atomic E-state index is 10.7. The molecule has 3 heteroatoms. The van der Waals surface area contributed by atoms with E-state index in [1.165, 1.54) is 12.8 Å². The van der Waals surface area contributed by atoms with Crippen LogP contribution < -0.4 is 0 Å². The fourth-order valence-electron chi connectivity index (χ4n) is 1.10. The Morgan fingerprint density at radius 2 is 1.77 bits per heavy atom. The van der Waals surface area contributed by atoms with Crippen LogP contribution in [0, 0.1) is 5.41 Å². The molecule has 0 aromatic heterocycles. The van der Waals surface area contributed by atoms with Gasteiger partial charge in [-0.3, -0.25) is 4.79 Å². The van der Waals surface area contributed by atoms with E-state index >= 15 is 0 Å². The van der Waals surface area contributed by atoms with Crippen molar-refractivity contribution in [2.45, 2.75) is 52.9 Å². The first-order valence-corrected chi connectivity index (χ1v) is 4.74. The van der Waals surface area contributed by atoms with Crippen molar-refractivity contribution in [3.05, 3.63) is 0 Å². The lowest BCUT2D eigenvalue weighted by Crippen LogP contribution is -2.23. The molecule has 0 bridgehead atoms. The highest BCUT2D eigenvalue weighted by Gasteiger charge is 2.25. The topological polar surface area (TPSA) is 37.3 Å². The lowest BCUT2D eigenvalue weighted by atomic mass is 9.87. The minimum absolute atomic E-state index is 0. The molecule has 0 saturated carbocycles. The van der Waals surface area contributed by atoms with Crippen molar-refractivity contribution >= 4 is 29.0 Å². The van der Waals surface area contributed by atoms with Crippen LogP contribution in [0.4, 0.5) is 0 Å². The fraction of sp³-hybridized carbons (Fsp3) is 0.900. The summed E-state index contributed by atoms with van der Waals surface area (Å²) in [6, 6.07) is 0. The lowest BCUT2D eigenvalue weighted by molar-refractivity contribution is -0.147. The molecule has 0 saturated heterocycles. The summed E-state index contributed by atoms with van der Waals surface area (Å²) < 4.78 is 0. The zero-order valence-electron chi connectivity index (χ0n) is 8.39. The molecule has 0 fully saturated rings. The van der Waals surface area contributed by atoms with Gasteiger partial charge in [-0.05, 0) is 20.3 Å². The highest BCUT2D eigenvalue weighted by atomic mass is 24.3. The SMILES string of the molecule is CCCCCCC(C)(C)C(=O)O.[MgH2]. The first-order chi connectivity index (χ1) is 5.50. The third-order valence-corrected chi connectivity index (χ3v) is 2.23. The van der Waals surface area contributed by atoms with Crippen LogP contribution >= 0.6 is 0 Å². The maximum absolute atomic E-state index is 10.7. The third-order valence-electron chi connectivity index (χ3n) is 2.23. The number of carboxylic acid groups (broad SMARTS) is 1. The zero-order valence-corrected chi connectivity index (χ0v) is 8.39. The number of carboxylic acids is 1. The molecule has 0 unspecified atom stereocenters. The molecule has 76 valence electrons. The predicted octanol–water partition coefficient (Wildman–Crippen LogP) is 2.15. The van der Waals surface area contributed by atoms with Crippen LogP contribution in [0.15, 0.2) is 0 Å². The van der Waals surface area contributed by atoms with E-state index in [4.69, 9.17) is 5.11 Å². The maximum Gasteiger partial charge on any atom is 0.316 e. The van der Waals surface area contributed by atoms with Gasteiger partial charge in [0.25, 0.3) is 0 Å². The molecule has 1 N–H and O–H groups in total. The molecule has 0 atom stereocenters. The van der Waals surface area contributed by atoms with Crippen molar-refractivity contribution < 1.29 is 9.90 Å². The van der Waals surface area contributed by atoms with E-state index in [1.54, 1.807) is 13.8 Å². The van der Waals surface area contributed by atoms with E-state index < -0.39 is 11.4 Å². The van der Waals surface area contributed by atoms with Crippen molar-refractivity contribution in [3.63, 3.8) is 0 Å². The summed E-state index contributed by atoms with van der Waals surface area (Å²) in [6.07, 6.45) is 5.41. The van der Waals surface area contributed by atoms with Gasteiger partial charge in [-0.15, -0.1) is 0 Å². The van der Waals surface area contributed by atoms with Gasteiger partial charge in [-0.25, -0.2) is 0 Å². The third kappa shape index (κ3) is 7.32. The minimum Gasteiger partial charge on any atom is -0.481 e. The van der Waals surface area contributed by atoms with E-state index in [9.17, 15) is 4.79 Å². The average Bonchev–Trinajstić information content (AvgIpc) is 1.98. The van der Waals surface area contributed by atoms with E-state index in [0.29, 0.717) is 0 Å². The molecular formula is C10H22MgO2. The molecule has 2 nitrogen and oxygen atoms in total. The van der Waals surface area contributed by atoms with Crippen LogP contribution in [-0.2, 0) is 4.79 Å². The molecular weight excluding hydrogens is 176 g/mol. The van der Waals surface area contributed by atoms with Crippen molar-refractivity contribution in [1.29, 1.82) is 0 Å². The van der Waals surface area contributed by atoms with Crippen molar-refractivity contribution in [1.82, 2.24) is 0 Å². The molecule has 0 aliphatic rings. The molecule has 0 rings (SSSR count). The smallest absolute Gasteiger partial charge is 0.316 e. The molecule has 0 heterocycles. The second-order valence-electron chi connectivity index (χ2n) is 4.00. The summed E-state index contributed by atoms with van der Waals surface area (Å²) in [5, 5.41) is 8.80. The fourth-order valence-corrected chi connectivity index (χ4v) is 1.10. The van der Waals surface area contributed by atoms with E-state index in [-0.39, 0.29) is 23.1 Å². The number of rotatable bonds is 6. The first kappa shape index (κ1) is 15.7. The van der Waals surface area contributed by atoms with Gasteiger partial charge in [-0.1, -0.05) is 32.6 Å². The van der Waals surface area contributed by atoms with Crippen molar-refractivity contribution in [3.8, 4) is 0 Å². The number of hydrogen-bond acceptors (Lipinski definition) is 1. The van der Waals surface area contributed by atoms with Crippen LogP contribution in [0.3, 0.4) is 0 Å². The second kappa shape index (κ2) is 7.62. The molecule has 0 aromatic rings. The Morgan fingerprint density at radius 3 is 2.15 bits per heavy atom. The summed E-state index contributed by atoms with van der Waals surface area (Å²) in [7, 11) is 0. The Kier molecular flexibility index (Phi) is 9.20. The van der Waals surface area contributed by atoms with E-state index in [2.05, 4.69) is 6.92 Å². The van der Waals surface area contributed by atoms with E-state index in [1.807, 2.05) is 0 Å². The predicted molar refractivity (Wildman–Crippen MR) is 58.7 cm³/mol. The van der Waals surface area contributed by atoms with Crippen LogP contribution in [0.1, 0.15) is 52.9 Å². The zero-order chi connectivity index (χ0) is 9.61. The Balaban J connectivity index is 0. The number of carbonyl (C=O) groups is 1. The van der Waals surface area contributed by atoms with Gasteiger partial charge in [-0.2, -0.15) is 0 Å². The summed E-state index contributed by atoms with van der Waals surface area (Å²) in [5.74, 6) is -0.681. The summed E-state index contributed by atoms with van der Waals surface area (Å²) in [6.45, 7) is 5.74. The summed E-state index contributed by atoms with van der Waals surface area (Å²) in [5.41, 5.74) is -0.534. The number of aliphatic carboxylic acids is 1. The Hall–Kier alpha value is 0.236. The minimum atomic E-state index is -0.681. The molecule has 0 radical (unpaired) electrons. The molecule has 0 spiro atoms. The molecule has 0 aliphatic carbocycles. The average molecular weight is 199 g/mol. The largest absolute Gasteiger partial charge is 0.481 e. The number of unbranched alkanes of at least 4 members (excludes halogenated alkanes) is 3. The standard InChI is InChI=1S/C10H20O2.Mg.2H/c1-4-5-6-7-8-10(2,3)9(11)12;;;/h4-8H2,1-3H3,(H,11,12);;;. The van der Waals surface area contributed by atoms with Gasteiger partial charge in [0.15, 0.2) is 0 Å². The Morgan fingerprint density at radius 1 is 1.23 bits per heavy atom. The molecule has 0 aromatic carbocycles. The van der Waals surface area contributed by atoms with Crippen LogP contribution in [-0.4, -0.2) is 34.1 Å². The van der Waals surface area contributed by atoms with Gasteiger partial charge >= 0.3 is 29.0 Å². The summed E-state index contributed by atoms with van der Waals surface area (Å²) >= 11 is 0. The van der Waals surface area contributed by atoms with Crippen LogP contribution in [0.5, 0.6) is 0 Å². The van der Waals surface area contributed by atoms with Gasteiger partial charge < -0.3 is 5.11 Å². The normalized spacial score (nSPS) is 10.7. The van der Waals surface area contributed by atoms with Gasteiger partial charge in [0.1, 0.15) is 0 Å². The Bertz CT molecular complexity index is 144. The van der Waals surface area contributed by atoms with E-state index in [0.717, 1.165) is 19.3 Å². The second-order valence-corrected chi connectivity index (χ2v) is 4.00. The highest BCUT2D eigenvalue weighted by Crippen LogP contribution is 2.23. The molecule has 13 heavy (non-hydrogen) atoms. The van der Waals surface area contributed by atoms with Crippen molar-refractivity contribution in [2.75, 3.05) is 0 Å². The lowest BCUT2D eigenvalue weighted by Gasteiger charge is -2.18. The van der Waals surface area contributed by atoms with Gasteiger partial charge in [0, 0.05) is 0 Å². The number of hydrogen-bond donors (Lipinski definition) is 1. The van der Waals surface area contributed by atoms with Crippen LogP contribution in [0.2, 0.25) is 0 Å². The Labute approximate surface area is 97.2 Å². The quantitative estimate of drug-likeness (QED) is 0.525. The first-order valence-electron chi connectivity index (χ1n) is 4.74. The highest BCUT2D eigenvalue weighted by molar-refractivity contribution is 5.75. The molecule has 0 aliphatic heterocycles.